The molecule has 1 amide bonds. The van der Waals surface area contributed by atoms with Crippen LogP contribution < -0.4 is 9.64 Å². The number of aryl methyl sites for hydroxylation is 1. The molecule has 0 spiro atoms. The van der Waals surface area contributed by atoms with E-state index in [-0.39, 0.29) is 11.7 Å². The number of anilines is 1. The Bertz CT molecular complexity index is 1270. The minimum absolute atomic E-state index is 0.00813. The molecule has 7 heteroatoms. The molecule has 0 saturated heterocycles. The van der Waals surface area contributed by atoms with Crippen LogP contribution in [0.25, 0.3) is 10.9 Å². The van der Waals surface area contributed by atoms with Gasteiger partial charge in [0.05, 0.1) is 25.4 Å². The summed E-state index contributed by atoms with van der Waals surface area (Å²) in [5, 5.41) is 0.821. The van der Waals surface area contributed by atoms with E-state index in [1.54, 1.807) is 24.3 Å². The fourth-order valence-corrected chi connectivity index (χ4v) is 4.02. The average Bonchev–Trinajstić information content (AvgIpc) is 3.35. The van der Waals surface area contributed by atoms with Crippen LogP contribution in [-0.4, -0.2) is 37.0 Å². The lowest BCUT2D eigenvalue weighted by molar-refractivity contribution is -0.132. The zero-order valence-corrected chi connectivity index (χ0v) is 19.6. The molecule has 176 valence electrons. The smallest absolute Gasteiger partial charge is 0.223 e. The minimum Gasteiger partial charge on any atom is -0.496 e. The Hall–Kier alpha value is -3.87. The van der Waals surface area contributed by atoms with Crippen molar-refractivity contribution in [3.63, 3.8) is 0 Å². The predicted octanol–water partition coefficient (Wildman–Crippen LogP) is 5.20. The molecule has 2 heterocycles. The molecule has 2 aromatic heterocycles. The Morgan fingerprint density at radius 1 is 1.03 bits per heavy atom. The van der Waals surface area contributed by atoms with Gasteiger partial charge in [-0.2, -0.15) is 0 Å². The number of furan rings is 1. The molecule has 4 rings (SSSR count). The molecule has 4 aromatic rings. The first-order valence-corrected chi connectivity index (χ1v) is 11.1. The van der Waals surface area contributed by atoms with E-state index in [0.29, 0.717) is 43.0 Å². The predicted molar refractivity (Wildman–Crippen MR) is 130 cm³/mol. The second-order valence-corrected chi connectivity index (χ2v) is 8.34. The van der Waals surface area contributed by atoms with Crippen LogP contribution in [-0.2, 0) is 24.3 Å². The van der Waals surface area contributed by atoms with Gasteiger partial charge in [0, 0.05) is 44.1 Å². The summed E-state index contributed by atoms with van der Waals surface area (Å²) in [6.45, 7) is 0.686. The molecule has 2 aromatic carbocycles. The molecule has 0 bridgehead atoms. The van der Waals surface area contributed by atoms with Gasteiger partial charge in [0.25, 0.3) is 0 Å². The third-order valence-electron chi connectivity index (χ3n) is 5.70. The van der Waals surface area contributed by atoms with Crippen molar-refractivity contribution in [2.45, 2.75) is 25.9 Å². The number of para-hydroxylation sites is 1. The van der Waals surface area contributed by atoms with Crippen LogP contribution in [0, 0.1) is 5.82 Å². The van der Waals surface area contributed by atoms with Crippen LogP contribution in [0.4, 0.5) is 10.2 Å². The van der Waals surface area contributed by atoms with Crippen molar-refractivity contribution in [2.24, 2.45) is 0 Å². The van der Waals surface area contributed by atoms with E-state index in [2.05, 4.69) is 4.98 Å². The zero-order chi connectivity index (χ0) is 24.1. The van der Waals surface area contributed by atoms with Crippen LogP contribution in [0.1, 0.15) is 23.3 Å². The Balaban J connectivity index is 1.62. The number of hydrogen-bond donors (Lipinski definition) is 0. The fourth-order valence-electron chi connectivity index (χ4n) is 4.02. The average molecular weight is 462 g/mol. The van der Waals surface area contributed by atoms with E-state index in [1.807, 2.05) is 61.5 Å². The summed E-state index contributed by atoms with van der Waals surface area (Å²) >= 11 is 0. The second-order valence-electron chi connectivity index (χ2n) is 8.34. The van der Waals surface area contributed by atoms with Crippen LogP contribution in [0.2, 0.25) is 0 Å². The van der Waals surface area contributed by atoms with E-state index in [4.69, 9.17) is 9.15 Å². The number of nitrogens with zero attached hydrogens (tertiary/aromatic N) is 3. The van der Waals surface area contributed by atoms with Gasteiger partial charge >= 0.3 is 0 Å². The Kier molecular flexibility index (Phi) is 7.11. The maximum Gasteiger partial charge on any atom is 0.223 e. The summed E-state index contributed by atoms with van der Waals surface area (Å²) in [7, 11) is 5.40. The van der Waals surface area contributed by atoms with Crippen molar-refractivity contribution in [2.75, 3.05) is 26.1 Å². The molecule has 0 radical (unpaired) electrons. The standard InChI is InChI=1S/C27H28FN3O3/c1-30(2)27-21(15-20-10-12-22(28)16-24(20)29-27)17-31(18-23-8-6-14-34-23)26(32)13-11-19-7-4-5-9-25(19)33-3/h4-10,12,14-16H,11,13,17-18H2,1-3H3. The molecule has 0 N–H and O–H groups in total. The first kappa shape index (κ1) is 23.3. The van der Waals surface area contributed by atoms with Gasteiger partial charge in [-0.1, -0.05) is 18.2 Å². The number of aromatic nitrogens is 1. The van der Waals surface area contributed by atoms with Gasteiger partial charge in [-0.3, -0.25) is 4.79 Å². The van der Waals surface area contributed by atoms with Crippen molar-refractivity contribution in [1.82, 2.24) is 9.88 Å². The highest BCUT2D eigenvalue weighted by molar-refractivity contribution is 5.82. The third kappa shape index (κ3) is 5.36. The van der Waals surface area contributed by atoms with Crippen LogP contribution >= 0.6 is 0 Å². The summed E-state index contributed by atoms with van der Waals surface area (Å²) in [6, 6.07) is 17.9. The summed E-state index contributed by atoms with van der Waals surface area (Å²) in [5.74, 6) is 1.83. The van der Waals surface area contributed by atoms with E-state index < -0.39 is 0 Å². The van der Waals surface area contributed by atoms with Gasteiger partial charge < -0.3 is 19.0 Å². The van der Waals surface area contributed by atoms with E-state index in [9.17, 15) is 9.18 Å². The summed E-state index contributed by atoms with van der Waals surface area (Å²) < 4.78 is 24.7. The maximum atomic E-state index is 13.8. The molecular weight excluding hydrogens is 433 g/mol. The quantitative estimate of drug-likeness (QED) is 0.343. The highest BCUT2D eigenvalue weighted by Crippen LogP contribution is 2.26. The number of carbonyl (C=O) groups is 1. The van der Waals surface area contributed by atoms with E-state index in [0.717, 1.165) is 22.3 Å². The number of carbonyl (C=O) groups excluding carboxylic acids is 1. The number of rotatable bonds is 9. The summed E-state index contributed by atoms with van der Waals surface area (Å²) in [4.78, 5) is 21.7. The minimum atomic E-state index is -0.330. The number of fused-ring (bicyclic) bond motifs is 1. The first-order valence-electron chi connectivity index (χ1n) is 11.1. The van der Waals surface area contributed by atoms with Crippen molar-refractivity contribution < 1.29 is 18.3 Å². The summed E-state index contributed by atoms with van der Waals surface area (Å²) in [6.07, 6.45) is 2.49. The Labute approximate surface area is 198 Å². The van der Waals surface area contributed by atoms with Crippen molar-refractivity contribution in [3.8, 4) is 5.75 Å². The van der Waals surface area contributed by atoms with Crippen LogP contribution in [0.3, 0.4) is 0 Å². The van der Waals surface area contributed by atoms with Gasteiger partial charge in [-0.25, -0.2) is 9.37 Å². The van der Waals surface area contributed by atoms with E-state index in [1.165, 1.54) is 12.1 Å². The molecule has 6 nitrogen and oxygen atoms in total. The lowest BCUT2D eigenvalue weighted by atomic mass is 10.1. The van der Waals surface area contributed by atoms with Crippen molar-refractivity contribution in [3.05, 3.63) is 89.6 Å². The van der Waals surface area contributed by atoms with Gasteiger partial charge in [-0.05, 0) is 48.4 Å². The molecule has 0 fully saturated rings. The second kappa shape index (κ2) is 10.4. The van der Waals surface area contributed by atoms with Gasteiger partial charge in [0.2, 0.25) is 5.91 Å². The third-order valence-corrected chi connectivity index (χ3v) is 5.70. The highest BCUT2D eigenvalue weighted by Gasteiger charge is 2.20. The summed E-state index contributed by atoms with van der Waals surface area (Å²) in [5.41, 5.74) is 2.44. The largest absolute Gasteiger partial charge is 0.496 e. The Morgan fingerprint density at radius 2 is 1.85 bits per heavy atom. The van der Waals surface area contributed by atoms with Gasteiger partial charge in [0.1, 0.15) is 23.1 Å². The first-order chi connectivity index (χ1) is 16.4. The van der Waals surface area contributed by atoms with Gasteiger partial charge in [0.15, 0.2) is 0 Å². The van der Waals surface area contributed by atoms with Crippen LogP contribution in [0.15, 0.2) is 71.3 Å². The molecule has 0 unspecified atom stereocenters. The molecule has 0 aliphatic rings. The molecule has 0 aliphatic carbocycles. The maximum absolute atomic E-state index is 13.8. The zero-order valence-electron chi connectivity index (χ0n) is 19.6. The molecule has 34 heavy (non-hydrogen) atoms. The lowest BCUT2D eigenvalue weighted by Gasteiger charge is -2.25. The van der Waals surface area contributed by atoms with Gasteiger partial charge in [-0.15, -0.1) is 0 Å². The lowest BCUT2D eigenvalue weighted by Crippen LogP contribution is -2.31. The normalized spacial score (nSPS) is 10.9. The molecule has 0 aliphatic heterocycles. The number of benzene rings is 2. The molecule has 0 atom stereocenters. The SMILES string of the molecule is COc1ccccc1CCC(=O)N(Cc1ccco1)Cc1cc2ccc(F)cc2nc1N(C)C. The number of hydrogen-bond acceptors (Lipinski definition) is 5. The number of methoxy groups -OCH3 is 1. The monoisotopic (exact) mass is 461 g/mol. The number of halogens is 1. The van der Waals surface area contributed by atoms with Crippen LogP contribution in [0.5, 0.6) is 5.75 Å². The van der Waals surface area contributed by atoms with Crippen molar-refractivity contribution in [1.29, 1.82) is 0 Å². The fraction of sp³-hybridized carbons (Fsp3) is 0.259. The van der Waals surface area contributed by atoms with Crippen molar-refractivity contribution >= 4 is 22.6 Å². The number of amides is 1. The topological polar surface area (TPSA) is 58.8 Å². The number of pyridine rings is 1. The number of ether oxygens (including phenoxy) is 1. The molecule has 0 saturated carbocycles. The Morgan fingerprint density at radius 3 is 2.59 bits per heavy atom. The highest BCUT2D eigenvalue weighted by atomic mass is 19.1. The molecular formula is C27H28FN3O3. The van der Waals surface area contributed by atoms with E-state index >= 15 is 0 Å².